The van der Waals surface area contributed by atoms with Gasteiger partial charge in [-0.25, -0.2) is 5.43 Å². The molecule has 212 valence electrons. The van der Waals surface area contributed by atoms with E-state index in [4.69, 9.17) is 19.9 Å². The van der Waals surface area contributed by atoms with Crippen LogP contribution < -0.4 is 25.4 Å². The van der Waals surface area contributed by atoms with Gasteiger partial charge in [0.1, 0.15) is 17.2 Å². The Balaban J connectivity index is 1.83. The van der Waals surface area contributed by atoms with Crippen LogP contribution in [0.25, 0.3) is 0 Å². The molecule has 2 rings (SSSR count). The number of nitrogens with two attached hydrogens (primary N) is 1. The second-order valence-corrected chi connectivity index (χ2v) is 9.57. The lowest BCUT2D eigenvalue weighted by molar-refractivity contribution is -0.120. The third kappa shape index (κ3) is 11.1. The lowest BCUT2D eigenvalue weighted by atomic mass is 10.1. The molecule has 0 saturated carbocycles. The van der Waals surface area contributed by atoms with E-state index >= 15 is 0 Å². The van der Waals surface area contributed by atoms with E-state index in [0.29, 0.717) is 24.5 Å². The summed E-state index contributed by atoms with van der Waals surface area (Å²) < 4.78 is 17.2. The molecule has 10 nitrogen and oxygen atoms in total. The molecule has 2 aromatic rings. The monoisotopic (exact) mass is 540 g/mol. The van der Waals surface area contributed by atoms with Crippen LogP contribution in [0, 0.1) is 0 Å². The SMILES string of the molecule is CC(=O)NN=Cc1ccc(OCCCCCOc2ccc(C(=O)N(C(C)C)C(C)C)c(OCC(N)=O)c2)cc1. The molecule has 2 aromatic carbocycles. The Bertz CT molecular complexity index is 1110. The van der Waals surface area contributed by atoms with Crippen LogP contribution in [-0.2, 0) is 9.59 Å². The predicted octanol–water partition coefficient (Wildman–Crippen LogP) is 3.91. The van der Waals surface area contributed by atoms with Gasteiger partial charge in [-0.1, -0.05) is 0 Å². The van der Waals surface area contributed by atoms with Gasteiger partial charge in [-0.3, -0.25) is 14.4 Å². The highest BCUT2D eigenvalue weighted by atomic mass is 16.5. The molecule has 0 spiro atoms. The van der Waals surface area contributed by atoms with Crippen molar-refractivity contribution in [2.75, 3.05) is 19.8 Å². The number of hydrogen-bond acceptors (Lipinski definition) is 7. The van der Waals surface area contributed by atoms with Crippen molar-refractivity contribution >= 4 is 23.9 Å². The summed E-state index contributed by atoms with van der Waals surface area (Å²) in [5, 5.41) is 3.83. The molecule has 0 radical (unpaired) electrons. The fourth-order valence-corrected chi connectivity index (χ4v) is 3.85. The minimum atomic E-state index is -0.627. The Morgan fingerprint density at radius 1 is 0.897 bits per heavy atom. The number of benzene rings is 2. The standard InChI is InChI=1S/C29H40N4O6/c1-20(2)33(21(3)4)29(36)26-14-13-25(17-27(26)39-19-28(30)35)38-16-8-6-7-15-37-24-11-9-23(10-12-24)18-31-32-22(5)34/h9-14,17-18,20-21H,6-8,15-16,19H2,1-5H3,(H2,30,35)(H,32,34). The molecule has 0 aliphatic rings. The molecule has 0 fully saturated rings. The summed E-state index contributed by atoms with van der Waals surface area (Å²) in [6.07, 6.45) is 4.14. The highest BCUT2D eigenvalue weighted by Crippen LogP contribution is 2.28. The zero-order valence-corrected chi connectivity index (χ0v) is 23.4. The molecule has 0 heterocycles. The number of nitrogens with zero attached hydrogens (tertiary/aromatic N) is 2. The van der Waals surface area contributed by atoms with Crippen molar-refractivity contribution in [1.29, 1.82) is 0 Å². The number of primary amides is 1. The Labute approximate surface area is 230 Å². The average Bonchev–Trinajstić information content (AvgIpc) is 2.87. The number of hydrazone groups is 1. The third-order valence-corrected chi connectivity index (χ3v) is 5.54. The summed E-state index contributed by atoms with van der Waals surface area (Å²) in [6.45, 7) is 9.93. The first-order valence-corrected chi connectivity index (χ1v) is 13.1. The summed E-state index contributed by atoms with van der Waals surface area (Å²) in [5.41, 5.74) is 8.82. The van der Waals surface area contributed by atoms with Crippen molar-refractivity contribution in [3.05, 3.63) is 53.6 Å². The fourth-order valence-electron chi connectivity index (χ4n) is 3.85. The molecule has 10 heteroatoms. The molecular formula is C29H40N4O6. The quantitative estimate of drug-likeness (QED) is 0.188. The van der Waals surface area contributed by atoms with Gasteiger partial charge in [-0.15, -0.1) is 0 Å². The van der Waals surface area contributed by atoms with Crippen molar-refractivity contribution in [1.82, 2.24) is 10.3 Å². The average molecular weight is 541 g/mol. The summed E-state index contributed by atoms with van der Waals surface area (Å²) in [5.74, 6) is 0.542. The van der Waals surface area contributed by atoms with Crippen molar-refractivity contribution < 1.29 is 28.6 Å². The van der Waals surface area contributed by atoms with Crippen LogP contribution in [0.3, 0.4) is 0 Å². The van der Waals surface area contributed by atoms with E-state index in [1.54, 1.807) is 29.3 Å². The Kier molecular flexibility index (Phi) is 12.8. The molecule has 0 bridgehead atoms. The Morgan fingerprint density at radius 2 is 1.49 bits per heavy atom. The van der Waals surface area contributed by atoms with Crippen molar-refractivity contribution in [2.45, 2.75) is 66.0 Å². The first-order valence-electron chi connectivity index (χ1n) is 13.1. The molecule has 0 aliphatic carbocycles. The first kappa shape index (κ1) is 31.1. The Hall–Kier alpha value is -4.08. The van der Waals surface area contributed by atoms with E-state index in [1.165, 1.54) is 6.92 Å². The van der Waals surface area contributed by atoms with E-state index in [9.17, 15) is 14.4 Å². The Morgan fingerprint density at radius 3 is 2.05 bits per heavy atom. The number of hydrogen-bond donors (Lipinski definition) is 2. The number of carbonyl (C=O) groups is 3. The lowest BCUT2D eigenvalue weighted by Crippen LogP contribution is -2.42. The van der Waals surface area contributed by atoms with E-state index in [-0.39, 0.29) is 36.3 Å². The van der Waals surface area contributed by atoms with Crippen LogP contribution in [0.5, 0.6) is 17.2 Å². The number of nitrogens with one attached hydrogen (secondary N) is 1. The van der Waals surface area contributed by atoms with Crippen LogP contribution in [-0.4, -0.2) is 60.7 Å². The zero-order valence-electron chi connectivity index (χ0n) is 23.4. The molecule has 0 aromatic heterocycles. The minimum Gasteiger partial charge on any atom is -0.494 e. The largest absolute Gasteiger partial charge is 0.494 e. The van der Waals surface area contributed by atoms with E-state index in [0.717, 1.165) is 30.6 Å². The first-order chi connectivity index (χ1) is 18.6. The smallest absolute Gasteiger partial charge is 0.258 e. The van der Waals surface area contributed by atoms with Crippen LogP contribution in [0.15, 0.2) is 47.6 Å². The second-order valence-electron chi connectivity index (χ2n) is 9.57. The van der Waals surface area contributed by atoms with Gasteiger partial charge in [0.15, 0.2) is 6.61 Å². The highest BCUT2D eigenvalue weighted by molar-refractivity contribution is 5.97. The van der Waals surface area contributed by atoms with Gasteiger partial charge in [0.25, 0.3) is 11.8 Å². The number of ether oxygens (including phenoxy) is 3. The number of amides is 3. The van der Waals surface area contributed by atoms with Gasteiger partial charge in [0, 0.05) is 25.1 Å². The maximum absolute atomic E-state index is 13.2. The topological polar surface area (TPSA) is 133 Å². The van der Waals surface area contributed by atoms with Gasteiger partial charge < -0.3 is 24.8 Å². The third-order valence-electron chi connectivity index (χ3n) is 5.54. The van der Waals surface area contributed by atoms with Crippen LogP contribution in [0.4, 0.5) is 0 Å². The summed E-state index contributed by atoms with van der Waals surface area (Å²) in [6, 6.07) is 12.4. The van der Waals surface area contributed by atoms with Crippen LogP contribution in [0.1, 0.15) is 69.8 Å². The molecule has 39 heavy (non-hydrogen) atoms. The maximum atomic E-state index is 13.2. The van der Waals surface area contributed by atoms with Crippen LogP contribution >= 0.6 is 0 Å². The zero-order chi connectivity index (χ0) is 28.8. The molecule has 0 unspecified atom stereocenters. The van der Waals surface area contributed by atoms with Crippen molar-refractivity contribution in [3.63, 3.8) is 0 Å². The van der Waals surface area contributed by atoms with Crippen molar-refractivity contribution in [3.8, 4) is 17.2 Å². The molecule has 0 atom stereocenters. The van der Waals surface area contributed by atoms with Crippen LogP contribution in [0.2, 0.25) is 0 Å². The number of rotatable bonds is 16. The van der Waals surface area contributed by atoms with Gasteiger partial charge >= 0.3 is 0 Å². The van der Waals surface area contributed by atoms with Gasteiger partial charge in [-0.2, -0.15) is 5.10 Å². The van der Waals surface area contributed by atoms with Gasteiger partial charge in [0.05, 0.1) is 25.0 Å². The van der Waals surface area contributed by atoms with Gasteiger partial charge in [-0.05, 0) is 88.9 Å². The summed E-state index contributed by atoms with van der Waals surface area (Å²) in [4.78, 5) is 37.1. The lowest BCUT2D eigenvalue weighted by Gasteiger charge is -2.31. The van der Waals surface area contributed by atoms with Gasteiger partial charge in [0.2, 0.25) is 5.91 Å². The van der Waals surface area contributed by atoms with E-state index in [1.807, 2.05) is 52.0 Å². The molecule has 0 saturated heterocycles. The minimum absolute atomic E-state index is 0.00336. The molecule has 0 aliphatic heterocycles. The fraction of sp³-hybridized carbons (Fsp3) is 0.448. The summed E-state index contributed by atoms with van der Waals surface area (Å²) >= 11 is 0. The number of unbranched alkanes of at least 4 members (excludes halogenated alkanes) is 2. The summed E-state index contributed by atoms with van der Waals surface area (Å²) in [7, 11) is 0. The van der Waals surface area contributed by atoms with Crippen molar-refractivity contribution in [2.24, 2.45) is 10.8 Å². The molecule has 3 amide bonds. The second kappa shape index (κ2) is 16.0. The predicted molar refractivity (Wildman–Crippen MR) is 150 cm³/mol. The van der Waals surface area contributed by atoms with E-state index < -0.39 is 5.91 Å². The normalized spacial score (nSPS) is 11.1. The van der Waals surface area contributed by atoms with E-state index in [2.05, 4.69) is 10.5 Å². The number of carbonyl (C=O) groups excluding carboxylic acids is 3. The maximum Gasteiger partial charge on any atom is 0.258 e. The highest BCUT2D eigenvalue weighted by Gasteiger charge is 2.25. The molecular weight excluding hydrogens is 500 g/mol. The molecule has 3 N–H and O–H groups in total.